The van der Waals surface area contributed by atoms with E-state index in [1.54, 1.807) is 12.3 Å². The maximum Gasteiger partial charge on any atom is 0.227 e. The van der Waals surface area contributed by atoms with Gasteiger partial charge in [-0.25, -0.2) is 8.42 Å². The summed E-state index contributed by atoms with van der Waals surface area (Å²) in [5, 5.41) is 6.90. The highest BCUT2D eigenvalue weighted by Crippen LogP contribution is 2.18. The summed E-state index contributed by atoms with van der Waals surface area (Å²) in [7, 11) is -3.61. The lowest BCUT2D eigenvalue weighted by Crippen LogP contribution is -2.25. The van der Waals surface area contributed by atoms with Crippen molar-refractivity contribution < 1.29 is 22.2 Å². The van der Waals surface area contributed by atoms with Gasteiger partial charge in [-0.2, -0.15) is 4.98 Å². The summed E-state index contributed by atoms with van der Waals surface area (Å²) in [5.41, 5.74) is 0. The van der Waals surface area contributed by atoms with Crippen LogP contribution in [0.25, 0.3) is 0 Å². The van der Waals surface area contributed by atoms with Crippen molar-refractivity contribution in [1.82, 2.24) is 15.5 Å². The first kappa shape index (κ1) is 20.1. The molecule has 0 fully saturated rings. The highest BCUT2D eigenvalue weighted by molar-refractivity contribution is 7.90. The fraction of sp³-hybridized carbons (Fsp3) is 0.278. The fourth-order valence-electron chi connectivity index (χ4n) is 2.43. The minimum absolute atomic E-state index is 0.0446. The molecule has 0 saturated heterocycles. The first-order chi connectivity index (χ1) is 13.4. The van der Waals surface area contributed by atoms with Crippen molar-refractivity contribution in [2.45, 2.75) is 29.9 Å². The van der Waals surface area contributed by atoms with Crippen molar-refractivity contribution in [3.05, 3.63) is 65.2 Å². The van der Waals surface area contributed by atoms with Crippen LogP contribution in [0.15, 0.2) is 56.5 Å². The van der Waals surface area contributed by atoms with Crippen molar-refractivity contribution >= 4 is 27.3 Å². The van der Waals surface area contributed by atoms with E-state index in [-0.39, 0.29) is 35.4 Å². The molecule has 0 aliphatic heterocycles. The molecule has 0 unspecified atom stereocenters. The van der Waals surface area contributed by atoms with Crippen molar-refractivity contribution in [2.75, 3.05) is 6.54 Å². The molecule has 2 aromatic heterocycles. The Morgan fingerprint density at radius 1 is 1.14 bits per heavy atom. The van der Waals surface area contributed by atoms with E-state index < -0.39 is 15.6 Å². The second kappa shape index (κ2) is 9.03. The molecule has 1 aromatic carbocycles. The summed E-state index contributed by atoms with van der Waals surface area (Å²) in [6.45, 7) is 0.459. The summed E-state index contributed by atoms with van der Waals surface area (Å²) in [4.78, 5) is 16.0. The Bertz CT molecular complexity index is 1010. The highest BCUT2D eigenvalue weighted by atomic mass is 35.5. The lowest BCUT2D eigenvalue weighted by Gasteiger charge is -2.02. The van der Waals surface area contributed by atoms with Gasteiger partial charge < -0.3 is 14.3 Å². The third-order valence-electron chi connectivity index (χ3n) is 3.84. The molecule has 0 aliphatic rings. The zero-order chi connectivity index (χ0) is 20.0. The summed E-state index contributed by atoms with van der Waals surface area (Å²) in [5.74, 6) is 0.488. The van der Waals surface area contributed by atoms with Crippen LogP contribution < -0.4 is 5.32 Å². The van der Waals surface area contributed by atoms with E-state index in [1.807, 2.05) is 6.07 Å². The number of furan rings is 1. The molecule has 28 heavy (non-hydrogen) atoms. The predicted octanol–water partition coefficient (Wildman–Crippen LogP) is 2.58. The number of carbonyl (C=O) groups is 1. The summed E-state index contributed by atoms with van der Waals surface area (Å²) in [6, 6.07) is 9.47. The average molecular weight is 424 g/mol. The summed E-state index contributed by atoms with van der Waals surface area (Å²) in [6.07, 6.45) is 2.56. The Hall–Kier alpha value is -2.65. The number of carbonyl (C=O) groups excluding carboxylic acids is 1. The smallest absolute Gasteiger partial charge is 0.227 e. The quantitative estimate of drug-likeness (QED) is 0.562. The average Bonchev–Trinajstić information content (AvgIpc) is 3.32. The number of sulfone groups is 1. The van der Waals surface area contributed by atoms with E-state index >= 15 is 0 Å². The molecule has 0 bridgehead atoms. The second-order valence-corrected chi connectivity index (χ2v) is 8.42. The monoisotopic (exact) mass is 423 g/mol. The predicted molar refractivity (Wildman–Crippen MR) is 100 cm³/mol. The largest absolute Gasteiger partial charge is 0.469 e. The first-order valence-electron chi connectivity index (χ1n) is 8.51. The van der Waals surface area contributed by atoms with Crippen LogP contribution in [0.1, 0.15) is 23.9 Å². The zero-order valence-electron chi connectivity index (χ0n) is 14.8. The molecule has 0 saturated carbocycles. The Kier molecular flexibility index (Phi) is 6.48. The third kappa shape index (κ3) is 5.67. The standard InChI is InChI=1S/C18H18ClN3O5S/c19-13-3-5-15(6-4-13)28(24,25)12-16-21-18(27-22-16)8-7-17(23)20-10-9-14-2-1-11-26-14/h1-6,11H,7-10,12H2,(H,20,23). The molecule has 3 aromatic rings. The van der Waals surface area contributed by atoms with Gasteiger partial charge in [0.25, 0.3) is 0 Å². The van der Waals surface area contributed by atoms with Crippen molar-refractivity contribution in [2.24, 2.45) is 0 Å². The highest BCUT2D eigenvalue weighted by Gasteiger charge is 2.19. The van der Waals surface area contributed by atoms with E-state index in [4.69, 9.17) is 20.5 Å². The van der Waals surface area contributed by atoms with E-state index in [0.717, 1.165) is 5.76 Å². The van der Waals surface area contributed by atoms with Crippen LogP contribution in [0, 0.1) is 0 Å². The Morgan fingerprint density at radius 3 is 2.64 bits per heavy atom. The fourth-order valence-corrected chi connectivity index (χ4v) is 3.73. The molecule has 2 heterocycles. The summed E-state index contributed by atoms with van der Waals surface area (Å²) >= 11 is 5.77. The van der Waals surface area contributed by atoms with Gasteiger partial charge in [-0.15, -0.1) is 0 Å². The SMILES string of the molecule is O=C(CCc1nc(CS(=O)(=O)c2ccc(Cl)cc2)no1)NCCc1ccco1. The molecule has 3 rings (SSSR count). The molecule has 0 radical (unpaired) electrons. The van der Waals surface area contributed by atoms with Crippen LogP contribution in [0.4, 0.5) is 0 Å². The first-order valence-corrected chi connectivity index (χ1v) is 10.5. The van der Waals surface area contributed by atoms with Gasteiger partial charge in [-0.05, 0) is 36.4 Å². The number of rotatable bonds is 9. The number of nitrogens with one attached hydrogen (secondary N) is 1. The molecule has 0 spiro atoms. The Balaban J connectivity index is 1.47. The zero-order valence-corrected chi connectivity index (χ0v) is 16.4. The number of amides is 1. The molecule has 1 amide bonds. The third-order valence-corrected chi connectivity index (χ3v) is 5.72. The molecule has 10 heteroatoms. The van der Waals surface area contributed by atoms with Crippen molar-refractivity contribution in [3.63, 3.8) is 0 Å². The maximum absolute atomic E-state index is 12.4. The number of aromatic nitrogens is 2. The lowest BCUT2D eigenvalue weighted by atomic mass is 10.3. The van der Waals surface area contributed by atoms with Crippen LogP contribution in [0.2, 0.25) is 5.02 Å². The van der Waals surface area contributed by atoms with Gasteiger partial charge in [0, 0.05) is 30.8 Å². The van der Waals surface area contributed by atoms with Gasteiger partial charge in [0.1, 0.15) is 11.5 Å². The number of benzene rings is 1. The van der Waals surface area contributed by atoms with Crippen LogP contribution in [0.5, 0.6) is 0 Å². The van der Waals surface area contributed by atoms with Crippen LogP contribution in [-0.2, 0) is 33.2 Å². The lowest BCUT2D eigenvalue weighted by molar-refractivity contribution is -0.121. The van der Waals surface area contributed by atoms with Gasteiger partial charge in [0.15, 0.2) is 15.7 Å². The van der Waals surface area contributed by atoms with Gasteiger partial charge in [-0.1, -0.05) is 16.8 Å². The molecule has 0 aliphatic carbocycles. The van der Waals surface area contributed by atoms with Gasteiger partial charge in [0.05, 0.1) is 11.2 Å². The Labute approximate surface area is 166 Å². The normalized spacial score (nSPS) is 11.5. The van der Waals surface area contributed by atoms with Crippen molar-refractivity contribution in [1.29, 1.82) is 0 Å². The number of nitrogens with zero attached hydrogens (tertiary/aromatic N) is 2. The van der Waals surface area contributed by atoms with E-state index in [2.05, 4.69) is 15.5 Å². The van der Waals surface area contributed by atoms with Gasteiger partial charge >= 0.3 is 0 Å². The molecule has 148 valence electrons. The summed E-state index contributed by atoms with van der Waals surface area (Å²) < 4.78 is 35.0. The topological polar surface area (TPSA) is 115 Å². The van der Waals surface area contributed by atoms with Crippen molar-refractivity contribution in [3.8, 4) is 0 Å². The van der Waals surface area contributed by atoms with E-state index in [0.29, 0.717) is 18.0 Å². The maximum atomic E-state index is 12.4. The number of halogens is 1. The van der Waals surface area contributed by atoms with Crippen LogP contribution in [0.3, 0.4) is 0 Å². The second-order valence-electron chi connectivity index (χ2n) is 6.00. The van der Waals surface area contributed by atoms with E-state index in [1.165, 1.54) is 24.3 Å². The van der Waals surface area contributed by atoms with E-state index in [9.17, 15) is 13.2 Å². The molecule has 1 N–H and O–H groups in total. The molecular formula is C18H18ClN3O5S. The molecule has 0 atom stereocenters. The van der Waals surface area contributed by atoms with Gasteiger partial charge in [0.2, 0.25) is 11.8 Å². The molecular weight excluding hydrogens is 406 g/mol. The minimum Gasteiger partial charge on any atom is -0.469 e. The molecule has 8 nitrogen and oxygen atoms in total. The number of aryl methyl sites for hydroxylation is 1. The number of hydrogen-bond acceptors (Lipinski definition) is 7. The Morgan fingerprint density at radius 2 is 1.93 bits per heavy atom. The van der Waals surface area contributed by atoms with Crippen LogP contribution >= 0.6 is 11.6 Å². The minimum atomic E-state index is -3.61. The van der Waals surface area contributed by atoms with Crippen LogP contribution in [-0.4, -0.2) is 31.0 Å². The number of hydrogen-bond donors (Lipinski definition) is 1. The van der Waals surface area contributed by atoms with Gasteiger partial charge in [-0.3, -0.25) is 4.79 Å².